The van der Waals surface area contributed by atoms with Crippen LogP contribution in [0.25, 0.3) is 0 Å². The van der Waals surface area contributed by atoms with Crippen molar-refractivity contribution >= 4 is 17.5 Å². The smallest absolute Gasteiger partial charge is 0.224 e. The summed E-state index contributed by atoms with van der Waals surface area (Å²) in [5, 5.41) is 11.7. The number of rotatable bonds is 6. The number of carbonyl (C=O) groups is 2. The maximum absolute atomic E-state index is 12.1. The van der Waals surface area contributed by atoms with Gasteiger partial charge in [-0.15, -0.1) is 0 Å². The highest BCUT2D eigenvalue weighted by Crippen LogP contribution is 2.21. The number of hydrogen-bond donors (Lipinski definition) is 1. The molecule has 3 rings (SSSR count). The molecule has 1 aromatic rings. The summed E-state index contributed by atoms with van der Waals surface area (Å²) in [6.45, 7) is 3.78. The van der Waals surface area contributed by atoms with Gasteiger partial charge in [-0.3, -0.25) is 9.59 Å². The molecule has 2 amide bonds. The Labute approximate surface area is 154 Å². The van der Waals surface area contributed by atoms with Crippen LogP contribution in [0.5, 0.6) is 0 Å². The lowest BCUT2D eigenvalue weighted by molar-refractivity contribution is -0.130. The highest BCUT2D eigenvalue weighted by molar-refractivity contribution is 5.90. The lowest BCUT2D eigenvalue weighted by atomic mass is 10.0. The fourth-order valence-electron chi connectivity index (χ4n) is 3.86. The van der Waals surface area contributed by atoms with Crippen molar-refractivity contribution in [3.63, 3.8) is 0 Å². The Hall–Kier alpha value is -2.39. The molecule has 2 heterocycles. The molecule has 1 atom stereocenters. The van der Waals surface area contributed by atoms with Gasteiger partial charge in [0, 0.05) is 37.7 Å². The van der Waals surface area contributed by atoms with E-state index in [0.29, 0.717) is 30.4 Å². The summed E-state index contributed by atoms with van der Waals surface area (Å²) in [6.07, 6.45) is 5.19. The zero-order chi connectivity index (χ0) is 18.4. The molecule has 2 saturated heterocycles. The summed E-state index contributed by atoms with van der Waals surface area (Å²) in [7, 11) is 0. The quantitative estimate of drug-likeness (QED) is 0.851. The van der Waals surface area contributed by atoms with Crippen LogP contribution in [0.1, 0.15) is 44.1 Å². The van der Waals surface area contributed by atoms with E-state index in [9.17, 15) is 9.59 Å². The summed E-state index contributed by atoms with van der Waals surface area (Å²) in [6, 6.07) is 9.31. The minimum atomic E-state index is -0.00186. The third kappa shape index (κ3) is 4.83. The number of carbonyl (C=O) groups excluding carboxylic acids is 2. The Morgan fingerprint density at radius 2 is 2.04 bits per heavy atom. The molecule has 0 aliphatic carbocycles. The maximum atomic E-state index is 12.1. The zero-order valence-electron chi connectivity index (χ0n) is 15.1. The minimum Gasteiger partial charge on any atom is -0.338 e. The zero-order valence-corrected chi connectivity index (χ0v) is 15.1. The van der Waals surface area contributed by atoms with E-state index in [1.807, 2.05) is 0 Å². The Morgan fingerprint density at radius 3 is 2.73 bits per heavy atom. The third-order valence-corrected chi connectivity index (χ3v) is 5.21. The van der Waals surface area contributed by atoms with E-state index < -0.39 is 0 Å². The fourth-order valence-corrected chi connectivity index (χ4v) is 3.86. The highest BCUT2D eigenvalue weighted by Gasteiger charge is 2.31. The van der Waals surface area contributed by atoms with Gasteiger partial charge in [0.25, 0.3) is 0 Å². The molecule has 1 aromatic carbocycles. The highest BCUT2D eigenvalue weighted by atomic mass is 16.2. The van der Waals surface area contributed by atoms with Crippen molar-refractivity contribution in [2.75, 3.05) is 31.5 Å². The number of hydrogen-bond acceptors (Lipinski definition) is 4. The lowest BCUT2D eigenvalue weighted by Crippen LogP contribution is -2.48. The lowest BCUT2D eigenvalue weighted by Gasteiger charge is -2.37. The number of benzene rings is 1. The predicted molar refractivity (Wildman–Crippen MR) is 99.4 cm³/mol. The van der Waals surface area contributed by atoms with E-state index in [4.69, 9.17) is 5.26 Å². The van der Waals surface area contributed by atoms with Crippen molar-refractivity contribution in [2.24, 2.45) is 0 Å². The van der Waals surface area contributed by atoms with Gasteiger partial charge in [0.2, 0.25) is 11.8 Å². The van der Waals surface area contributed by atoms with Gasteiger partial charge in [-0.2, -0.15) is 5.26 Å². The number of nitriles is 1. The van der Waals surface area contributed by atoms with E-state index in [0.717, 1.165) is 57.5 Å². The number of nitrogens with zero attached hydrogens (tertiary/aromatic N) is 3. The Bertz CT molecular complexity index is 680. The molecule has 138 valence electrons. The van der Waals surface area contributed by atoms with Crippen LogP contribution < -0.4 is 5.32 Å². The number of likely N-dealkylation sites (tertiary alicyclic amines) is 2. The Kier molecular flexibility index (Phi) is 6.24. The Morgan fingerprint density at radius 1 is 1.23 bits per heavy atom. The van der Waals surface area contributed by atoms with Crippen LogP contribution in [0, 0.1) is 11.3 Å². The molecule has 2 aliphatic heterocycles. The Balaban J connectivity index is 1.39. The minimum absolute atomic E-state index is 0.00186. The molecule has 0 aromatic heterocycles. The monoisotopic (exact) mass is 354 g/mol. The molecule has 26 heavy (non-hydrogen) atoms. The van der Waals surface area contributed by atoms with Crippen molar-refractivity contribution in [1.29, 1.82) is 5.26 Å². The van der Waals surface area contributed by atoms with Crippen molar-refractivity contribution in [3.8, 4) is 6.07 Å². The average Bonchev–Trinajstić information content (AvgIpc) is 3.08. The topological polar surface area (TPSA) is 76.4 Å². The second-order valence-electron chi connectivity index (χ2n) is 7.13. The van der Waals surface area contributed by atoms with Crippen molar-refractivity contribution in [2.45, 2.75) is 44.6 Å². The molecule has 0 bridgehead atoms. The van der Waals surface area contributed by atoms with E-state index in [2.05, 4.69) is 21.2 Å². The number of piperidine rings is 1. The van der Waals surface area contributed by atoms with Gasteiger partial charge in [0.05, 0.1) is 11.6 Å². The van der Waals surface area contributed by atoms with Gasteiger partial charge in [-0.05, 0) is 63.0 Å². The largest absolute Gasteiger partial charge is 0.338 e. The molecule has 6 heteroatoms. The normalized spacial score (nSPS) is 20.8. The van der Waals surface area contributed by atoms with Crippen molar-refractivity contribution < 1.29 is 9.59 Å². The maximum Gasteiger partial charge on any atom is 0.224 e. The standard InChI is InChI=1S/C20H26N4O2/c21-14-16-7-9-17(10-8-16)22-19(25)5-2-12-23-11-1-4-18(15-23)24-13-3-6-20(24)26/h7-10,18H,1-6,11-13,15H2,(H,22,25)/t18-/m0/s1. The molecule has 0 saturated carbocycles. The molecular formula is C20H26N4O2. The van der Waals surface area contributed by atoms with Crippen molar-refractivity contribution in [1.82, 2.24) is 9.80 Å². The summed E-state index contributed by atoms with van der Waals surface area (Å²) >= 11 is 0. The van der Waals surface area contributed by atoms with Crippen LogP contribution in [0.15, 0.2) is 24.3 Å². The fraction of sp³-hybridized carbons (Fsp3) is 0.550. The average molecular weight is 354 g/mol. The van der Waals surface area contributed by atoms with E-state index >= 15 is 0 Å². The molecule has 0 unspecified atom stereocenters. The van der Waals surface area contributed by atoms with Gasteiger partial charge in [0.15, 0.2) is 0 Å². The summed E-state index contributed by atoms with van der Waals surface area (Å²) in [5.74, 6) is 0.302. The van der Waals surface area contributed by atoms with Crippen LogP contribution in [0.2, 0.25) is 0 Å². The van der Waals surface area contributed by atoms with E-state index in [1.54, 1.807) is 24.3 Å². The number of nitrogens with one attached hydrogen (secondary N) is 1. The number of amides is 2. The molecule has 0 radical (unpaired) electrons. The van der Waals surface area contributed by atoms with Crippen LogP contribution in [0.4, 0.5) is 5.69 Å². The van der Waals surface area contributed by atoms with Gasteiger partial charge in [0.1, 0.15) is 0 Å². The second-order valence-corrected chi connectivity index (χ2v) is 7.13. The molecule has 0 spiro atoms. The first kappa shape index (κ1) is 18.4. The van der Waals surface area contributed by atoms with Gasteiger partial charge in [-0.25, -0.2) is 0 Å². The summed E-state index contributed by atoms with van der Waals surface area (Å²) < 4.78 is 0. The van der Waals surface area contributed by atoms with Crippen LogP contribution >= 0.6 is 0 Å². The second kappa shape index (κ2) is 8.81. The first-order valence-electron chi connectivity index (χ1n) is 9.47. The van der Waals surface area contributed by atoms with E-state index in [-0.39, 0.29) is 5.91 Å². The molecule has 2 fully saturated rings. The SMILES string of the molecule is N#Cc1ccc(NC(=O)CCCN2CCC[C@H](N3CCCC3=O)C2)cc1. The molecule has 1 N–H and O–H groups in total. The first-order valence-corrected chi connectivity index (χ1v) is 9.47. The van der Waals surface area contributed by atoms with Gasteiger partial charge >= 0.3 is 0 Å². The van der Waals surface area contributed by atoms with E-state index in [1.165, 1.54) is 0 Å². The van der Waals surface area contributed by atoms with Crippen molar-refractivity contribution in [3.05, 3.63) is 29.8 Å². The van der Waals surface area contributed by atoms with Crippen LogP contribution in [-0.4, -0.2) is 53.8 Å². The summed E-state index contributed by atoms with van der Waals surface area (Å²) in [4.78, 5) is 28.5. The molecule has 6 nitrogen and oxygen atoms in total. The first-order chi connectivity index (χ1) is 12.7. The van der Waals surface area contributed by atoms with Gasteiger partial charge in [-0.1, -0.05) is 0 Å². The molecular weight excluding hydrogens is 328 g/mol. The third-order valence-electron chi connectivity index (χ3n) is 5.21. The van der Waals surface area contributed by atoms with Gasteiger partial charge < -0.3 is 15.1 Å². The summed E-state index contributed by atoms with van der Waals surface area (Å²) in [5.41, 5.74) is 1.30. The predicted octanol–water partition coefficient (Wildman–Crippen LogP) is 2.36. The number of anilines is 1. The van der Waals surface area contributed by atoms with Crippen LogP contribution in [-0.2, 0) is 9.59 Å². The molecule has 2 aliphatic rings. The van der Waals surface area contributed by atoms with Crippen LogP contribution in [0.3, 0.4) is 0 Å².